The standard InChI is InChI=1S/C17H22N2S/c1-12-4-3-5-14(10-12)11-16-19-13(2)17(20-16)15-6-8-18-9-7-15/h3-5,10,15,18H,6-9,11H2,1-2H3. The number of rotatable bonds is 3. The maximum atomic E-state index is 4.81. The molecule has 3 rings (SSSR count). The molecule has 1 aromatic heterocycles. The molecule has 1 fully saturated rings. The van der Waals surface area contributed by atoms with E-state index in [2.05, 4.69) is 43.4 Å². The molecule has 0 unspecified atom stereocenters. The molecular weight excluding hydrogens is 264 g/mol. The lowest BCUT2D eigenvalue weighted by Gasteiger charge is -2.21. The fourth-order valence-electron chi connectivity index (χ4n) is 3.00. The Morgan fingerprint density at radius 1 is 1.25 bits per heavy atom. The van der Waals surface area contributed by atoms with E-state index in [4.69, 9.17) is 4.98 Å². The molecule has 1 aliphatic rings. The lowest BCUT2D eigenvalue weighted by Crippen LogP contribution is -2.26. The fraction of sp³-hybridized carbons (Fsp3) is 0.471. The van der Waals surface area contributed by atoms with Crippen molar-refractivity contribution < 1.29 is 0 Å². The van der Waals surface area contributed by atoms with Gasteiger partial charge in [-0.15, -0.1) is 11.3 Å². The summed E-state index contributed by atoms with van der Waals surface area (Å²) >= 11 is 1.93. The van der Waals surface area contributed by atoms with Crippen molar-refractivity contribution in [2.45, 2.75) is 39.0 Å². The molecule has 2 heterocycles. The van der Waals surface area contributed by atoms with Gasteiger partial charge in [-0.25, -0.2) is 4.98 Å². The van der Waals surface area contributed by atoms with Gasteiger partial charge >= 0.3 is 0 Å². The number of nitrogens with one attached hydrogen (secondary N) is 1. The Labute approximate surface area is 125 Å². The van der Waals surface area contributed by atoms with Crippen LogP contribution in [-0.2, 0) is 6.42 Å². The molecule has 3 heteroatoms. The van der Waals surface area contributed by atoms with E-state index in [1.54, 1.807) is 0 Å². The van der Waals surface area contributed by atoms with E-state index >= 15 is 0 Å². The summed E-state index contributed by atoms with van der Waals surface area (Å²) in [5.74, 6) is 0.722. The third-order valence-corrected chi connectivity index (χ3v) is 5.34. The van der Waals surface area contributed by atoms with Crippen LogP contribution < -0.4 is 5.32 Å². The second kappa shape index (κ2) is 6.06. The van der Waals surface area contributed by atoms with Crippen molar-refractivity contribution in [3.05, 3.63) is 51.0 Å². The van der Waals surface area contributed by atoms with Gasteiger partial charge in [-0.2, -0.15) is 0 Å². The molecular formula is C17H22N2S. The maximum absolute atomic E-state index is 4.81. The third-order valence-electron chi connectivity index (χ3n) is 4.02. The van der Waals surface area contributed by atoms with Crippen molar-refractivity contribution in [2.24, 2.45) is 0 Å². The second-order valence-electron chi connectivity index (χ2n) is 5.75. The SMILES string of the molecule is Cc1cccc(Cc2nc(C)c(C3CCNCC3)s2)c1. The number of thiazole rings is 1. The largest absolute Gasteiger partial charge is 0.317 e. The van der Waals surface area contributed by atoms with Crippen LogP contribution in [0.15, 0.2) is 24.3 Å². The van der Waals surface area contributed by atoms with Crippen LogP contribution >= 0.6 is 11.3 Å². The van der Waals surface area contributed by atoms with Crippen LogP contribution in [0.25, 0.3) is 0 Å². The Morgan fingerprint density at radius 3 is 2.80 bits per heavy atom. The van der Waals surface area contributed by atoms with Crippen LogP contribution in [-0.4, -0.2) is 18.1 Å². The van der Waals surface area contributed by atoms with Gasteiger partial charge in [0, 0.05) is 11.3 Å². The Hall–Kier alpha value is -1.19. The molecule has 1 aromatic carbocycles. The molecule has 0 atom stereocenters. The number of benzene rings is 1. The number of piperidine rings is 1. The minimum absolute atomic E-state index is 0.722. The number of aryl methyl sites for hydroxylation is 2. The number of hydrogen-bond acceptors (Lipinski definition) is 3. The first-order chi connectivity index (χ1) is 9.72. The summed E-state index contributed by atoms with van der Waals surface area (Å²) in [6.07, 6.45) is 3.48. The summed E-state index contributed by atoms with van der Waals surface area (Å²) in [5.41, 5.74) is 3.95. The van der Waals surface area contributed by atoms with Crippen LogP contribution in [0.5, 0.6) is 0 Å². The van der Waals surface area contributed by atoms with E-state index in [1.165, 1.54) is 39.5 Å². The Kier molecular flexibility index (Phi) is 4.18. The van der Waals surface area contributed by atoms with E-state index in [9.17, 15) is 0 Å². The highest BCUT2D eigenvalue weighted by Crippen LogP contribution is 2.33. The maximum Gasteiger partial charge on any atom is 0.0974 e. The molecule has 2 aromatic rings. The number of aromatic nitrogens is 1. The number of nitrogens with zero attached hydrogens (tertiary/aromatic N) is 1. The van der Waals surface area contributed by atoms with E-state index in [-0.39, 0.29) is 0 Å². The zero-order valence-corrected chi connectivity index (χ0v) is 13.1. The van der Waals surface area contributed by atoms with Crippen LogP contribution in [0.3, 0.4) is 0 Å². The van der Waals surface area contributed by atoms with Gasteiger partial charge in [-0.1, -0.05) is 29.8 Å². The van der Waals surface area contributed by atoms with Crippen molar-refractivity contribution in [1.82, 2.24) is 10.3 Å². The van der Waals surface area contributed by atoms with Crippen molar-refractivity contribution in [1.29, 1.82) is 0 Å². The molecule has 20 heavy (non-hydrogen) atoms. The molecule has 0 radical (unpaired) electrons. The second-order valence-corrected chi connectivity index (χ2v) is 6.86. The average molecular weight is 286 g/mol. The first kappa shape index (κ1) is 13.8. The summed E-state index contributed by atoms with van der Waals surface area (Å²) < 4.78 is 0. The van der Waals surface area contributed by atoms with Crippen LogP contribution in [0.4, 0.5) is 0 Å². The van der Waals surface area contributed by atoms with Gasteiger partial charge in [-0.05, 0) is 51.3 Å². The normalized spacial score (nSPS) is 16.5. The van der Waals surface area contributed by atoms with Gasteiger partial charge in [0.2, 0.25) is 0 Å². The van der Waals surface area contributed by atoms with E-state index in [0.717, 1.165) is 25.4 Å². The summed E-state index contributed by atoms with van der Waals surface area (Å²) in [7, 11) is 0. The summed E-state index contributed by atoms with van der Waals surface area (Å²) in [6.45, 7) is 6.62. The van der Waals surface area contributed by atoms with Crippen LogP contribution in [0.2, 0.25) is 0 Å². The number of hydrogen-bond donors (Lipinski definition) is 1. The van der Waals surface area contributed by atoms with Gasteiger partial charge in [0.25, 0.3) is 0 Å². The smallest absolute Gasteiger partial charge is 0.0974 e. The molecule has 2 nitrogen and oxygen atoms in total. The molecule has 0 amide bonds. The summed E-state index contributed by atoms with van der Waals surface area (Å²) in [6, 6.07) is 8.75. The lowest BCUT2D eigenvalue weighted by molar-refractivity contribution is 0.463. The minimum Gasteiger partial charge on any atom is -0.317 e. The van der Waals surface area contributed by atoms with Gasteiger partial charge in [0.1, 0.15) is 0 Å². The van der Waals surface area contributed by atoms with Crippen LogP contribution in [0.1, 0.15) is 45.5 Å². The highest BCUT2D eigenvalue weighted by molar-refractivity contribution is 7.11. The van der Waals surface area contributed by atoms with E-state index < -0.39 is 0 Å². The molecule has 1 aliphatic heterocycles. The molecule has 0 aliphatic carbocycles. The topological polar surface area (TPSA) is 24.9 Å². The summed E-state index contributed by atoms with van der Waals surface area (Å²) in [4.78, 5) is 6.33. The Bertz CT molecular complexity index is 582. The quantitative estimate of drug-likeness (QED) is 0.928. The minimum atomic E-state index is 0.722. The van der Waals surface area contributed by atoms with Crippen molar-refractivity contribution in [3.63, 3.8) is 0 Å². The molecule has 106 valence electrons. The van der Waals surface area contributed by atoms with Gasteiger partial charge in [-0.3, -0.25) is 0 Å². The van der Waals surface area contributed by atoms with E-state index in [0.29, 0.717) is 0 Å². The van der Waals surface area contributed by atoms with Gasteiger partial charge in [0.15, 0.2) is 0 Å². The Morgan fingerprint density at radius 2 is 2.05 bits per heavy atom. The molecule has 0 saturated carbocycles. The molecule has 1 saturated heterocycles. The molecule has 0 spiro atoms. The monoisotopic (exact) mass is 286 g/mol. The van der Waals surface area contributed by atoms with Crippen LogP contribution in [0, 0.1) is 13.8 Å². The summed E-state index contributed by atoms with van der Waals surface area (Å²) in [5, 5.41) is 4.71. The Balaban J connectivity index is 1.78. The first-order valence-corrected chi connectivity index (χ1v) is 8.26. The highest BCUT2D eigenvalue weighted by atomic mass is 32.1. The zero-order valence-electron chi connectivity index (χ0n) is 12.3. The lowest BCUT2D eigenvalue weighted by atomic mass is 9.96. The first-order valence-electron chi connectivity index (χ1n) is 7.45. The average Bonchev–Trinajstić information content (AvgIpc) is 2.80. The van der Waals surface area contributed by atoms with Crippen molar-refractivity contribution in [3.8, 4) is 0 Å². The van der Waals surface area contributed by atoms with Crippen molar-refractivity contribution >= 4 is 11.3 Å². The molecule has 0 bridgehead atoms. The predicted molar refractivity (Wildman–Crippen MR) is 85.7 cm³/mol. The van der Waals surface area contributed by atoms with Gasteiger partial charge in [0.05, 0.1) is 10.7 Å². The third kappa shape index (κ3) is 3.10. The fourth-order valence-corrected chi connectivity index (χ4v) is 4.27. The van der Waals surface area contributed by atoms with Gasteiger partial charge < -0.3 is 5.32 Å². The molecule has 1 N–H and O–H groups in total. The van der Waals surface area contributed by atoms with Crippen molar-refractivity contribution in [2.75, 3.05) is 13.1 Å². The zero-order chi connectivity index (χ0) is 13.9. The highest BCUT2D eigenvalue weighted by Gasteiger charge is 2.20. The van der Waals surface area contributed by atoms with E-state index in [1.807, 2.05) is 11.3 Å². The predicted octanol–water partition coefficient (Wildman–Crippen LogP) is 3.82.